The van der Waals surface area contributed by atoms with Crippen molar-refractivity contribution in [3.05, 3.63) is 29.3 Å². The molecule has 1 aromatic carbocycles. The minimum atomic E-state index is -0.166. The molecule has 0 aliphatic rings. The Morgan fingerprint density at radius 3 is 2.81 bits per heavy atom. The SMILES string of the molecule is COc1ccc(C(=O)NCCOC(C)C)cc1C#CCN. The number of carbonyl (C=O) groups is 1. The molecule has 0 heterocycles. The van der Waals surface area contributed by atoms with E-state index in [2.05, 4.69) is 17.2 Å². The van der Waals surface area contributed by atoms with E-state index in [4.69, 9.17) is 15.2 Å². The smallest absolute Gasteiger partial charge is 0.251 e. The number of nitrogens with two attached hydrogens (primary N) is 1. The van der Waals surface area contributed by atoms with Crippen LogP contribution in [0.5, 0.6) is 5.75 Å². The van der Waals surface area contributed by atoms with Crippen molar-refractivity contribution < 1.29 is 14.3 Å². The second kappa shape index (κ2) is 9.01. The molecule has 0 unspecified atom stereocenters. The van der Waals surface area contributed by atoms with Gasteiger partial charge < -0.3 is 20.5 Å². The van der Waals surface area contributed by atoms with Crippen LogP contribution in [0.4, 0.5) is 0 Å². The Balaban J connectivity index is 2.71. The maximum absolute atomic E-state index is 12.0. The minimum absolute atomic E-state index is 0.154. The van der Waals surface area contributed by atoms with E-state index in [-0.39, 0.29) is 18.6 Å². The van der Waals surface area contributed by atoms with E-state index in [0.29, 0.717) is 30.0 Å². The molecule has 0 saturated carbocycles. The summed E-state index contributed by atoms with van der Waals surface area (Å²) in [6, 6.07) is 5.12. The lowest BCUT2D eigenvalue weighted by Gasteiger charge is -2.10. The Kier molecular flexibility index (Phi) is 7.30. The summed E-state index contributed by atoms with van der Waals surface area (Å²) in [5.74, 6) is 6.11. The van der Waals surface area contributed by atoms with Crippen LogP contribution in [0.1, 0.15) is 29.8 Å². The van der Waals surface area contributed by atoms with Crippen LogP contribution in [0, 0.1) is 11.8 Å². The highest BCUT2D eigenvalue weighted by Crippen LogP contribution is 2.18. The van der Waals surface area contributed by atoms with Crippen molar-refractivity contribution in [3.8, 4) is 17.6 Å². The van der Waals surface area contributed by atoms with Gasteiger partial charge in [0.2, 0.25) is 0 Å². The molecule has 5 nitrogen and oxygen atoms in total. The fourth-order valence-electron chi connectivity index (χ4n) is 1.65. The van der Waals surface area contributed by atoms with Gasteiger partial charge in [0, 0.05) is 12.1 Å². The summed E-state index contributed by atoms with van der Waals surface area (Å²) in [5.41, 5.74) is 6.54. The molecule has 21 heavy (non-hydrogen) atoms. The van der Waals surface area contributed by atoms with Crippen LogP contribution in [0.25, 0.3) is 0 Å². The van der Waals surface area contributed by atoms with Gasteiger partial charge in [0.15, 0.2) is 0 Å². The first kappa shape index (κ1) is 17.0. The summed E-state index contributed by atoms with van der Waals surface area (Å²) in [4.78, 5) is 12.0. The molecule has 0 saturated heterocycles. The summed E-state index contributed by atoms with van der Waals surface area (Å²) in [6.45, 7) is 5.11. The lowest BCUT2D eigenvalue weighted by molar-refractivity contribution is 0.0746. The molecular weight excluding hydrogens is 268 g/mol. The molecule has 114 valence electrons. The van der Waals surface area contributed by atoms with Crippen molar-refractivity contribution in [1.29, 1.82) is 0 Å². The molecule has 0 spiro atoms. The van der Waals surface area contributed by atoms with Crippen molar-refractivity contribution in [2.45, 2.75) is 20.0 Å². The zero-order chi connectivity index (χ0) is 15.7. The molecular formula is C16H22N2O3. The predicted octanol–water partition coefficient (Wildman–Crippen LogP) is 1.16. The zero-order valence-electron chi connectivity index (χ0n) is 12.7. The van der Waals surface area contributed by atoms with Gasteiger partial charge in [-0.05, 0) is 32.0 Å². The van der Waals surface area contributed by atoms with Crippen LogP contribution in [0.2, 0.25) is 0 Å². The van der Waals surface area contributed by atoms with Crippen LogP contribution in [-0.4, -0.2) is 38.8 Å². The second-order valence-electron chi connectivity index (χ2n) is 4.60. The maximum atomic E-state index is 12.0. The number of benzene rings is 1. The third-order valence-corrected chi connectivity index (χ3v) is 2.63. The van der Waals surface area contributed by atoms with E-state index in [0.717, 1.165) is 0 Å². The van der Waals surface area contributed by atoms with Crippen molar-refractivity contribution >= 4 is 5.91 Å². The fourth-order valence-corrected chi connectivity index (χ4v) is 1.65. The van der Waals surface area contributed by atoms with E-state index < -0.39 is 0 Å². The molecule has 0 aliphatic carbocycles. The third kappa shape index (κ3) is 5.86. The number of amides is 1. The monoisotopic (exact) mass is 290 g/mol. The summed E-state index contributed by atoms with van der Waals surface area (Å²) in [5, 5.41) is 2.80. The van der Waals surface area contributed by atoms with Crippen molar-refractivity contribution in [2.75, 3.05) is 26.8 Å². The average Bonchev–Trinajstić information content (AvgIpc) is 2.48. The summed E-state index contributed by atoms with van der Waals surface area (Å²) >= 11 is 0. The standard InChI is InChI=1S/C16H22N2O3/c1-12(2)21-10-9-18-16(19)14-6-7-15(20-3)13(11-14)5-4-8-17/h6-7,11-12H,8-10,17H2,1-3H3,(H,18,19). The number of methoxy groups -OCH3 is 1. The largest absolute Gasteiger partial charge is 0.495 e. The molecule has 5 heteroatoms. The lowest BCUT2D eigenvalue weighted by atomic mass is 10.1. The average molecular weight is 290 g/mol. The number of rotatable bonds is 6. The Bertz CT molecular complexity index is 530. The number of hydrogen-bond acceptors (Lipinski definition) is 4. The predicted molar refractivity (Wildman–Crippen MR) is 82.3 cm³/mol. The van der Waals surface area contributed by atoms with E-state index in [1.54, 1.807) is 25.3 Å². The van der Waals surface area contributed by atoms with Crippen LogP contribution >= 0.6 is 0 Å². The first-order chi connectivity index (χ1) is 10.1. The molecule has 0 bridgehead atoms. The van der Waals surface area contributed by atoms with Gasteiger partial charge >= 0.3 is 0 Å². The van der Waals surface area contributed by atoms with Gasteiger partial charge in [-0.25, -0.2) is 0 Å². The number of ether oxygens (including phenoxy) is 2. The summed E-state index contributed by atoms with van der Waals surface area (Å²) in [6.07, 6.45) is 0.154. The molecule has 1 amide bonds. The number of carbonyl (C=O) groups excluding carboxylic acids is 1. The Hall–Kier alpha value is -2.03. The van der Waals surface area contributed by atoms with Gasteiger partial charge in [0.05, 0.1) is 31.9 Å². The van der Waals surface area contributed by atoms with E-state index in [9.17, 15) is 4.79 Å². The highest BCUT2D eigenvalue weighted by Gasteiger charge is 2.08. The highest BCUT2D eigenvalue weighted by molar-refractivity contribution is 5.94. The number of hydrogen-bond donors (Lipinski definition) is 2. The molecule has 0 radical (unpaired) electrons. The van der Waals surface area contributed by atoms with Gasteiger partial charge in [-0.3, -0.25) is 4.79 Å². The lowest BCUT2D eigenvalue weighted by Crippen LogP contribution is -2.28. The third-order valence-electron chi connectivity index (χ3n) is 2.63. The second-order valence-corrected chi connectivity index (χ2v) is 4.60. The Morgan fingerprint density at radius 1 is 1.43 bits per heavy atom. The maximum Gasteiger partial charge on any atom is 0.251 e. The summed E-state index contributed by atoms with van der Waals surface area (Å²) < 4.78 is 10.6. The molecule has 1 rings (SSSR count). The van der Waals surface area contributed by atoms with Crippen LogP contribution in [0.3, 0.4) is 0 Å². The van der Waals surface area contributed by atoms with Gasteiger partial charge in [-0.2, -0.15) is 0 Å². The minimum Gasteiger partial charge on any atom is -0.495 e. The van der Waals surface area contributed by atoms with E-state index >= 15 is 0 Å². The van der Waals surface area contributed by atoms with Crippen LogP contribution < -0.4 is 15.8 Å². The van der Waals surface area contributed by atoms with Gasteiger partial charge in [-0.1, -0.05) is 11.8 Å². The topological polar surface area (TPSA) is 73.6 Å². The van der Waals surface area contributed by atoms with E-state index in [1.165, 1.54) is 0 Å². The van der Waals surface area contributed by atoms with E-state index in [1.807, 2.05) is 13.8 Å². The molecule has 3 N–H and O–H groups in total. The van der Waals surface area contributed by atoms with Crippen molar-refractivity contribution in [1.82, 2.24) is 5.32 Å². The van der Waals surface area contributed by atoms with Crippen molar-refractivity contribution in [2.24, 2.45) is 5.73 Å². The molecule has 0 atom stereocenters. The van der Waals surface area contributed by atoms with Gasteiger partial charge in [-0.15, -0.1) is 0 Å². The van der Waals surface area contributed by atoms with Gasteiger partial charge in [0.25, 0.3) is 5.91 Å². The molecule has 0 fully saturated rings. The highest BCUT2D eigenvalue weighted by atomic mass is 16.5. The first-order valence-electron chi connectivity index (χ1n) is 6.85. The molecule has 1 aromatic rings. The quantitative estimate of drug-likeness (QED) is 0.609. The normalized spacial score (nSPS) is 9.95. The first-order valence-corrected chi connectivity index (χ1v) is 6.85. The molecule has 0 aliphatic heterocycles. The summed E-state index contributed by atoms with van der Waals surface area (Å²) in [7, 11) is 1.56. The molecule has 0 aromatic heterocycles. The number of nitrogens with one attached hydrogen (secondary N) is 1. The Morgan fingerprint density at radius 2 is 2.19 bits per heavy atom. The van der Waals surface area contributed by atoms with Crippen LogP contribution in [0.15, 0.2) is 18.2 Å². The fraction of sp³-hybridized carbons (Fsp3) is 0.438. The van der Waals surface area contributed by atoms with Crippen molar-refractivity contribution in [3.63, 3.8) is 0 Å². The zero-order valence-corrected chi connectivity index (χ0v) is 12.7. The van der Waals surface area contributed by atoms with Crippen LogP contribution in [-0.2, 0) is 4.74 Å². The van der Waals surface area contributed by atoms with Gasteiger partial charge in [0.1, 0.15) is 5.75 Å². The Labute approximate surface area is 125 Å².